The zero-order chi connectivity index (χ0) is 15.4. The van der Waals surface area contributed by atoms with Crippen LogP contribution in [0.2, 0.25) is 0 Å². The summed E-state index contributed by atoms with van der Waals surface area (Å²) in [5.41, 5.74) is 4.38. The van der Waals surface area contributed by atoms with Crippen LogP contribution in [0.25, 0.3) is 0 Å². The summed E-state index contributed by atoms with van der Waals surface area (Å²) in [6, 6.07) is 7.21. The van der Waals surface area contributed by atoms with Gasteiger partial charge in [-0.3, -0.25) is 5.43 Å². The molecule has 6 nitrogen and oxygen atoms in total. The van der Waals surface area contributed by atoms with E-state index in [0.29, 0.717) is 18.0 Å². The molecule has 0 saturated heterocycles. The number of nitrogens with zero attached hydrogens (tertiary/aromatic N) is 1. The number of hydrazine groups is 1. The van der Waals surface area contributed by atoms with Crippen LogP contribution in [-0.4, -0.2) is 13.1 Å². The lowest BCUT2D eigenvalue weighted by molar-refractivity contribution is 0.252. The Morgan fingerprint density at radius 2 is 2.14 bits per heavy atom. The van der Waals surface area contributed by atoms with Gasteiger partial charge in [0.2, 0.25) is 0 Å². The summed E-state index contributed by atoms with van der Waals surface area (Å²) in [7, 11) is 1.83. The third-order valence-corrected chi connectivity index (χ3v) is 3.02. The highest BCUT2D eigenvalue weighted by molar-refractivity contribution is 5.93. The van der Waals surface area contributed by atoms with E-state index in [2.05, 4.69) is 5.32 Å². The second kappa shape index (κ2) is 6.27. The number of carbonyl (C=O) groups is 1. The second-order valence-electron chi connectivity index (χ2n) is 4.63. The monoisotopic (exact) mass is 292 g/mol. The predicted octanol–water partition coefficient (Wildman–Crippen LogP) is 2.36. The number of hydrogen-bond donors (Lipinski definition) is 3. The van der Waals surface area contributed by atoms with Gasteiger partial charge in [0.15, 0.2) is 0 Å². The standard InChI is InChI=1S/C14H17FN4O2/c1-9-4-3-5-11(17-14(20)18-16)13(9)19(2)8-10-6-7-12(15)21-10/h3-7H,8,16H2,1-2H3,(H2,17,18,20). The molecule has 112 valence electrons. The van der Waals surface area contributed by atoms with Crippen molar-refractivity contribution in [3.05, 3.63) is 47.7 Å². The van der Waals surface area contributed by atoms with E-state index in [4.69, 9.17) is 10.3 Å². The molecule has 7 heteroatoms. The molecule has 0 radical (unpaired) electrons. The van der Waals surface area contributed by atoms with E-state index in [1.165, 1.54) is 6.07 Å². The van der Waals surface area contributed by atoms with E-state index >= 15 is 0 Å². The van der Waals surface area contributed by atoms with E-state index in [1.54, 1.807) is 12.1 Å². The van der Waals surface area contributed by atoms with Crippen LogP contribution >= 0.6 is 0 Å². The van der Waals surface area contributed by atoms with Gasteiger partial charge in [0.1, 0.15) is 5.76 Å². The summed E-state index contributed by atoms with van der Waals surface area (Å²) in [6.07, 6.45) is 0. The summed E-state index contributed by atoms with van der Waals surface area (Å²) in [6.45, 7) is 2.29. The second-order valence-corrected chi connectivity index (χ2v) is 4.63. The van der Waals surface area contributed by atoms with Crippen LogP contribution in [0.15, 0.2) is 34.7 Å². The van der Waals surface area contributed by atoms with Crippen LogP contribution in [-0.2, 0) is 6.54 Å². The van der Waals surface area contributed by atoms with E-state index in [1.807, 2.05) is 36.4 Å². The molecule has 2 aromatic rings. The third-order valence-electron chi connectivity index (χ3n) is 3.02. The fourth-order valence-corrected chi connectivity index (χ4v) is 2.17. The van der Waals surface area contributed by atoms with Gasteiger partial charge in [-0.1, -0.05) is 12.1 Å². The van der Waals surface area contributed by atoms with Crippen molar-refractivity contribution in [3.63, 3.8) is 0 Å². The Hall–Kier alpha value is -2.54. The normalized spacial score (nSPS) is 10.3. The summed E-state index contributed by atoms with van der Waals surface area (Å²) in [4.78, 5) is 13.3. The van der Waals surface area contributed by atoms with Gasteiger partial charge in [-0.2, -0.15) is 4.39 Å². The molecule has 0 fully saturated rings. The maximum Gasteiger partial charge on any atom is 0.333 e. The summed E-state index contributed by atoms with van der Waals surface area (Å²) < 4.78 is 17.8. The number of benzene rings is 1. The van der Waals surface area contributed by atoms with Gasteiger partial charge in [0.05, 0.1) is 17.9 Å². The van der Waals surface area contributed by atoms with Crippen molar-refractivity contribution < 1.29 is 13.6 Å². The number of aryl methyl sites for hydroxylation is 1. The molecule has 0 unspecified atom stereocenters. The van der Waals surface area contributed by atoms with Gasteiger partial charge >= 0.3 is 6.03 Å². The van der Waals surface area contributed by atoms with Gasteiger partial charge in [-0.15, -0.1) is 0 Å². The molecular formula is C14H17FN4O2. The van der Waals surface area contributed by atoms with E-state index < -0.39 is 12.0 Å². The largest absolute Gasteiger partial charge is 0.434 e. The SMILES string of the molecule is Cc1cccc(NC(=O)NN)c1N(C)Cc1ccc(F)o1. The van der Waals surface area contributed by atoms with E-state index in [0.717, 1.165) is 11.3 Å². The molecule has 0 aliphatic carbocycles. The first-order chi connectivity index (χ1) is 10.0. The van der Waals surface area contributed by atoms with Gasteiger partial charge in [0, 0.05) is 13.1 Å². The topological polar surface area (TPSA) is 83.5 Å². The Balaban J connectivity index is 2.26. The van der Waals surface area contributed by atoms with Crippen LogP contribution in [0.1, 0.15) is 11.3 Å². The van der Waals surface area contributed by atoms with Crippen molar-refractivity contribution in [1.29, 1.82) is 0 Å². The molecule has 21 heavy (non-hydrogen) atoms. The van der Waals surface area contributed by atoms with E-state index in [9.17, 15) is 9.18 Å². The number of para-hydroxylation sites is 1. The number of hydrogen-bond acceptors (Lipinski definition) is 4. The molecule has 1 aromatic carbocycles. The molecule has 2 amide bonds. The van der Waals surface area contributed by atoms with Crippen molar-refractivity contribution in [1.82, 2.24) is 5.43 Å². The average molecular weight is 292 g/mol. The molecule has 0 atom stereocenters. The van der Waals surface area contributed by atoms with Crippen molar-refractivity contribution in [3.8, 4) is 0 Å². The number of halogens is 1. The molecule has 4 N–H and O–H groups in total. The first-order valence-electron chi connectivity index (χ1n) is 6.34. The third kappa shape index (κ3) is 3.51. The van der Waals surface area contributed by atoms with Crippen LogP contribution in [0, 0.1) is 12.9 Å². The lowest BCUT2D eigenvalue weighted by Gasteiger charge is -2.23. The first-order valence-corrected chi connectivity index (χ1v) is 6.34. The van der Waals surface area contributed by atoms with Crippen LogP contribution in [0.4, 0.5) is 20.6 Å². The maximum atomic E-state index is 12.9. The highest BCUT2D eigenvalue weighted by Gasteiger charge is 2.14. The molecule has 2 rings (SSSR count). The summed E-state index contributed by atoms with van der Waals surface area (Å²) in [5, 5.41) is 2.65. The summed E-state index contributed by atoms with van der Waals surface area (Å²) in [5.74, 6) is 5.57. The number of rotatable bonds is 4. The number of anilines is 2. The molecular weight excluding hydrogens is 275 g/mol. The van der Waals surface area contributed by atoms with Crippen LogP contribution in [0.5, 0.6) is 0 Å². The molecule has 0 aliphatic rings. The minimum absolute atomic E-state index is 0.369. The maximum absolute atomic E-state index is 12.9. The first kappa shape index (κ1) is 14.9. The number of carbonyl (C=O) groups excluding carboxylic acids is 1. The number of furan rings is 1. The Kier molecular flexibility index (Phi) is 4.44. The van der Waals surface area contributed by atoms with Gasteiger partial charge in [0.25, 0.3) is 6.01 Å². The van der Waals surface area contributed by atoms with Crippen molar-refractivity contribution in [2.24, 2.45) is 5.84 Å². The number of nitrogens with two attached hydrogens (primary N) is 1. The molecule has 0 aliphatic heterocycles. The number of nitrogens with one attached hydrogen (secondary N) is 2. The zero-order valence-electron chi connectivity index (χ0n) is 11.8. The lowest BCUT2D eigenvalue weighted by Crippen LogP contribution is -2.35. The lowest BCUT2D eigenvalue weighted by atomic mass is 10.1. The Labute approximate surface area is 121 Å². The van der Waals surface area contributed by atoms with Gasteiger partial charge in [-0.05, 0) is 24.6 Å². The quantitative estimate of drug-likeness (QED) is 0.459. The van der Waals surface area contributed by atoms with Gasteiger partial charge in [-0.25, -0.2) is 10.6 Å². The molecule has 0 saturated carbocycles. The zero-order valence-corrected chi connectivity index (χ0v) is 11.8. The number of urea groups is 1. The Bertz CT molecular complexity index is 642. The average Bonchev–Trinajstić information content (AvgIpc) is 2.83. The van der Waals surface area contributed by atoms with E-state index in [-0.39, 0.29) is 0 Å². The molecule has 0 spiro atoms. The fourth-order valence-electron chi connectivity index (χ4n) is 2.17. The molecule has 0 bridgehead atoms. The highest BCUT2D eigenvalue weighted by Crippen LogP contribution is 2.30. The summed E-state index contributed by atoms with van der Waals surface area (Å²) >= 11 is 0. The highest BCUT2D eigenvalue weighted by atomic mass is 19.1. The fraction of sp³-hybridized carbons (Fsp3) is 0.214. The van der Waals surface area contributed by atoms with Crippen LogP contribution < -0.4 is 21.5 Å². The van der Waals surface area contributed by atoms with Crippen molar-refractivity contribution in [2.45, 2.75) is 13.5 Å². The van der Waals surface area contributed by atoms with Crippen molar-refractivity contribution in [2.75, 3.05) is 17.3 Å². The minimum Gasteiger partial charge on any atom is -0.434 e. The molecule has 1 heterocycles. The molecule has 1 aromatic heterocycles. The Morgan fingerprint density at radius 3 is 2.76 bits per heavy atom. The Morgan fingerprint density at radius 1 is 1.38 bits per heavy atom. The number of amides is 2. The van der Waals surface area contributed by atoms with Crippen LogP contribution in [0.3, 0.4) is 0 Å². The smallest absolute Gasteiger partial charge is 0.333 e. The minimum atomic E-state index is -0.621. The van der Waals surface area contributed by atoms with Crippen molar-refractivity contribution >= 4 is 17.4 Å². The van der Waals surface area contributed by atoms with Gasteiger partial charge < -0.3 is 14.6 Å². The predicted molar refractivity (Wildman–Crippen MR) is 78.3 cm³/mol.